The normalized spacial score (nSPS) is 19.3. The molecule has 0 saturated carbocycles. The van der Waals surface area contributed by atoms with E-state index >= 15 is 0 Å². The second-order valence-corrected chi connectivity index (χ2v) is 4.54. The van der Waals surface area contributed by atoms with Gasteiger partial charge in [0.25, 0.3) is 0 Å². The van der Waals surface area contributed by atoms with Crippen molar-refractivity contribution >= 4 is 5.97 Å². The number of carbonyl (C=O) groups is 1. The Morgan fingerprint density at radius 3 is 3.11 bits per heavy atom. The van der Waals surface area contributed by atoms with Crippen LogP contribution in [0.15, 0.2) is 24.3 Å². The summed E-state index contributed by atoms with van der Waals surface area (Å²) in [6, 6.07) is 7.12. The van der Waals surface area contributed by atoms with Gasteiger partial charge in [0.15, 0.2) is 0 Å². The summed E-state index contributed by atoms with van der Waals surface area (Å²) in [5.74, 6) is 0.948. The molecule has 1 saturated heterocycles. The Labute approximate surface area is 107 Å². The highest BCUT2D eigenvalue weighted by atomic mass is 16.5. The van der Waals surface area contributed by atoms with Crippen molar-refractivity contribution < 1.29 is 14.3 Å². The minimum atomic E-state index is -0.334. The molecule has 0 amide bonds. The summed E-state index contributed by atoms with van der Waals surface area (Å²) in [5, 5.41) is 3.36. The average molecular weight is 249 g/mol. The van der Waals surface area contributed by atoms with E-state index in [-0.39, 0.29) is 5.97 Å². The van der Waals surface area contributed by atoms with Gasteiger partial charge in [0.1, 0.15) is 5.75 Å². The van der Waals surface area contributed by atoms with Gasteiger partial charge < -0.3 is 14.8 Å². The first-order valence-corrected chi connectivity index (χ1v) is 6.31. The molecule has 4 nitrogen and oxygen atoms in total. The molecule has 18 heavy (non-hydrogen) atoms. The third-order valence-electron chi connectivity index (χ3n) is 3.14. The van der Waals surface area contributed by atoms with Crippen LogP contribution >= 0.6 is 0 Å². The van der Waals surface area contributed by atoms with Crippen molar-refractivity contribution in [3.63, 3.8) is 0 Å². The molecule has 0 aliphatic carbocycles. The number of rotatable bonds is 4. The van der Waals surface area contributed by atoms with Gasteiger partial charge >= 0.3 is 5.97 Å². The minimum absolute atomic E-state index is 0.334. The van der Waals surface area contributed by atoms with Gasteiger partial charge in [-0.1, -0.05) is 6.07 Å². The lowest BCUT2D eigenvalue weighted by Crippen LogP contribution is -2.33. The molecule has 1 heterocycles. The van der Waals surface area contributed by atoms with Crippen molar-refractivity contribution in [1.29, 1.82) is 0 Å². The van der Waals surface area contributed by atoms with E-state index < -0.39 is 0 Å². The highest BCUT2D eigenvalue weighted by Crippen LogP contribution is 2.17. The van der Waals surface area contributed by atoms with Gasteiger partial charge in [0.2, 0.25) is 0 Å². The Hall–Kier alpha value is -1.55. The van der Waals surface area contributed by atoms with E-state index in [1.807, 2.05) is 6.07 Å². The number of methoxy groups -OCH3 is 1. The molecule has 0 bridgehead atoms. The highest BCUT2D eigenvalue weighted by Gasteiger charge is 2.14. The van der Waals surface area contributed by atoms with Crippen molar-refractivity contribution in [3.8, 4) is 5.75 Å². The van der Waals surface area contributed by atoms with Crippen LogP contribution in [0.4, 0.5) is 0 Å². The van der Waals surface area contributed by atoms with E-state index in [9.17, 15) is 4.79 Å². The average Bonchev–Trinajstić information content (AvgIpc) is 2.45. The fourth-order valence-electron chi connectivity index (χ4n) is 2.11. The number of carbonyl (C=O) groups excluding carboxylic acids is 1. The van der Waals surface area contributed by atoms with Crippen LogP contribution in [-0.4, -0.2) is 32.8 Å². The first-order chi connectivity index (χ1) is 8.79. The zero-order valence-corrected chi connectivity index (χ0v) is 10.6. The first kappa shape index (κ1) is 12.9. The number of benzene rings is 1. The SMILES string of the molecule is COC(=O)c1cccc(OC[C@H]2CCCNC2)c1. The van der Waals surface area contributed by atoms with Crippen molar-refractivity contribution in [2.75, 3.05) is 26.8 Å². The van der Waals surface area contributed by atoms with E-state index in [0.29, 0.717) is 18.1 Å². The van der Waals surface area contributed by atoms with Crippen LogP contribution in [-0.2, 0) is 4.74 Å². The van der Waals surface area contributed by atoms with Gasteiger partial charge in [-0.3, -0.25) is 0 Å². The van der Waals surface area contributed by atoms with Crippen LogP contribution in [0.2, 0.25) is 0 Å². The van der Waals surface area contributed by atoms with Crippen LogP contribution < -0.4 is 10.1 Å². The largest absolute Gasteiger partial charge is 0.493 e. The lowest BCUT2D eigenvalue weighted by Gasteiger charge is -2.22. The molecule has 1 atom stereocenters. The Kier molecular flexibility index (Phi) is 4.59. The monoisotopic (exact) mass is 249 g/mol. The summed E-state index contributed by atoms with van der Waals surface area (Å²) in [6.45, 7) is 2.81. The summed E-state index contributed by atoms with van der Waals surface area (Å²) in [4.78, 5) is 11.4. The molecule has 1 aromatic carbocycles. The molecule has 2 rings (SSSR count). The Bertz CT molecular complexity index is 400. The molecule has 98 valence electrons. The molecule has 1 aliphatic heterocycles. The molecule has 0 unspecified atom stereocenters. The zero-order chi connectivity index (χ0) is 12.8. The van der Waals surface area contributed by atoms with Crippen LogP contribution in [0.1, 0.15) is 23.2 Å². The van der Waals surface area contributed by atoms with Gasteiger partial charge in [-0.2, -0.15) is 0 Å². The maximum absolute atomic E-state index is 11.4. The van der Waals surface area contributed by atoms with Crippen molar-refractivity contribution in [2.45, 2.75) is 12.8 Å². The predicted molar refractivity (Wildman–Crippen MR) is 68.9 cm³/mol. The van der Waals surface area contributed by atoms with Gasteiger partial charge in [-0.05, 0) is 37.6 Å². The topological polar surface area (TPSA) is 47.6 Å². The third-order valence-corrected chi connectivity index (χ3v) is 3.14. The molecule has 4 heteroatoms. The fraction of sp³-hybridized carbons (Fsp3) is 0.500. The standard InChI is InChI=1S/C14H19NO3/c1-17-14(16)12-5-2-6-13(8-12)18-10-11-4-3-7-15-9-11/h2,5-6,8,11,15H,3-4,7,9-10H2,1H3/t11-/m0/s1. The fourth-order valence-corrected chi connectivity index (χ4v) is 2.11. The number of piperidine rings is 1. The summed E-state index contributed by atoms with van der Waals surface area (Å²) in [7, 11) is 1.38. The number of hydrogen-bond donors (Lipinski definition) is 1. The second-order valence-electron chi connectivity index (χ2n) is 4.54. The zero-order valence-electron chi connectivity index (χ0n) is 10.6. The molecule has 0 radical (unpaired) electrons. The molecule has 1 fully saturated rings. The molecule has 0 spiro atoms. The molecular weight excluding hydrogens is 230 g/mol. The Morgan fingerprint density at radius 2 is 2.39 bits per heavy atom. The van der Waals surface area contributed by atoms with Gasteiger partial charge in [0.05, 0.1) is 19.3 Å². The van der Waals surface area contributed by atoms with Crippen LogP contribution in [0.25, 0.3) is 0 Å². The highest BCUT2D eigenvalue weighted by molar-refractivity contribution is 5.89. The number of nitrogens with one attached hydrogen (secondary N) is 1. The van der Waals surface area contributed by atoms with E-state index in [1.54, 1.807) is 18.2 Å². The van der Waals surface area contributed by atoms with Crippen molar-refractivity contribution in [1.82, 2.24) is 5.32 Å². The number of esters is 1. The Balaban J connectivity index is 1.90. The van der Waals surface area contributed by atoms with Gasteiger partial charge in [-0.15, -0.1) is 0 Å². The first-order valence-electron chi connectivity index (χ1n) is 6.31. The quantitative estimate of drug-likeness (QED) is 0.827. The second kappa shape index (κ2) is 6.40. The third kappa shape index (κ3) is 3.47. The van der Waals surface area contributed by atoms with Crippen LogP contribution in [0.5, 0.6) is 5.75 Å². The van der Waals surface area contributed by atoms with E-state index in [0.717, 1.165) is 18.8 Å². The molecule has 1 aromatic rings. The lowest BCUT2D eigenvalue weighted by atomic mass is 10.0. The predicted octanol–water partition coefficient (Wildman–Crippen LogP) is 1.85. The molecule has 1 N–H and O–H groups in total. The summed E-state index contributed by atoms with van der Waals surface area (Å²) in [6.07, 6.45) is 2.40. The maximum atomic E-state index is 11.4. The van der Waals surface area contributed by atoms with E-state index in [1.165, 1.54) is 20.0 Å². The summed E-state index contributed by atoms with van der Waals surface area (Å²) >= 11 is 0. The van der Waals surface area contributed by atoms with E-state index in [2.05, 4.69) is 10.1 Å². The number of ether oxygens (including phenoxy) is 2. The maximum Gasteiger partial charge on any atom is 0.337 e. The van der Waals surface area contributed by atoms with Gasteiger partial charge in [-0.25, -0.2) is 4.79 Å². The number of hydrogen-bond acceptors (Lipinski definition) is 4. The lowest BCUT2D eigenvalue weighted by molar-refractivity contribution is 0.0600. The summed E-state index contributed by atoms with van der Waals surface area (Å²) < 4.78 is 10.4. The van der Waals surface area contributed by atoms with Gasteiger partial charge in [0, 0.05) is 12.5 Å². The summed E-state index contributed by atoms with van der Waals surface area (Å²) in [5.41, 5.74) is 0.525. The smallest absolute Gasteiger partial charge is 0.337 e. The van der Waals surface area contributed by atoms with Crippen LogP contribution in [0, 0.1) is 5.92 Å². The minimum Gasteiger partial charge on any atom is -0.493 e. The van der Waals surface area contributed by atoms with Crippen molar-refractivity contribution in [3.05, 3.63) is 29.8 Å². The molecule has 1 aliphatic rings. The Morgan fingerprint density at radius 1 is 1.50 bits per heavy atom. The molecule has 0 aromatic heterocycles. The van der Waals surface area contributed by atoms with E-state index in [4.69, 9.17) is 4.74 Å². The molecular formula is C14H19NO3. The van der Waals surface area contributed by atoms with Crippen molar-refractivity contribution in [2.24, 2.45) is 5.92 Å². The van der Waals surface area contributed by atoms with Crippen LogP contribution in [0.3, 0.4) is 0 Å².